The monoisotopic (exact) mass is 483 g/mol. The fourth-order valence-electron chi connectivity index (χ4n) is 2.58. The van der Waals surface area contributed by atoms with Gasteiger partial charge in [0, 0.05) is 35.6 Å². The van der Waals surface area contributed by atoms with E-state index in [1.807, 2.05) is 0 Å². The Kier molecular flexibility index (Phi) is 6.96. The van der Waals surface area contributed by atoms with Gasteiger partial charge in [0.15, 0.2) is 6.61 Å². The van der Waals surface area contributed by atoms with Gasteiger partial charge >= 0.3 is 5.97 Å². The van der Waals surface area contributed by atoms with Crippen LogP contribution in [0.3, 0.4) is 0 Å². The summed E-state index contributed by atoms with van der Waals surface area (Å²) in [6, 6.07) is 7.32. The molecule has 0 spiro atoms. The van der Waals surface area contributed by atoms with Crippen molar-refractivity contribution in [2.45, 2.75) is 4.90 Å². The van der Waals surface area contributed by atoms with Crippen LogP contribution in [0, 0.1) is 0 Å². The average molecular weight is 484 g/mol. The number of carbonyl (C=O) groups is 2. The number of ether oxygens (including phenoxy) is 2. The van der Waals surface area contributed by atoms with Crippen molar-refractivity contribution >= 4 is 43.5 Å². The van der Waals surface area contributed by atoms with Crippen LogP contribution in [-0.2, 0) is 24.3 Å². The van der Waals surface area contributed by atoms with E-state index in [9.17, 15) is 18.0 Å². The number of halogens is 1. The highest BCUT2D eigenvalue weighted by Gasteiger charge is 2.26. The van der Waals surface area contributed by atoms with E-state index in [2.05, 4.69) is 26.2 Å². The van der Waals surface area contributed by atoms with Gasteiger partial charge in [-0.25, -0.2) is 13.2 Å². The molecule has 0 saturated carbocycles. The van der Waals surface area contributed by atoms with E-state index in [4.69, 9.17) is 9.47 Å². The Labute approximate surface area is 176 Å². The van der Waals surface area contributed by atoms with Crippen LogP contribution in [0.5, 0.6) is 0 Å². The number of morpholine rings is 1. The maximum atomic E-state index is 12.6. The fraction of sp³-hybridized carbons (Fsp3) is 0.278. The van der Waals surface area contributed by atoms with E-state index < -0.39 is 28.5 Å². The summed E-state index contributed by atoms with van der Waals surface area (Å²) in [5, 5.41) is 2.55. The molecule has 0 aliphatic carbocycles. The Hall–Kier alpha value is -2.34. The number of anilines is 1. The van der Waals surface area contributed by atoms with Gasteiger partial charge in [-0.1, -0.05) is 0 Å². The second-order valence-corrected chi connectivity index (χ2v) is 8.91. The molecule has 1 aromatic heterocycles. The van der Waals surface area contributed by atoms with Gasteiger partial charge in [0.05, 0.1) is 23.7 Å². The number of hydrogen-bond donors (Lipinski definition) is 1. The minimum absolute atomic E-state index is 0.131. The lowest BCUT2D eigenvalue weighted by atomic mass is 10.3. The van der Waals surface area contributed by atoms with Crippen LogP contribution in [0.4, 0.5) is 5.69 Å². The lowest BCUT2D eigenvalue weighted by Gasteiger charge is -2.26. The number of esters is 1. The molecule has 1 aliphatic heterocycles. The molecular formula is C18H18BrN3O6S. The molecule has 0 bridgehead atoms. The van der Waals surface area contributed by atoms with Gasteiger partial charge in [-0.2, -0.15) is 4.31 Å². The Morgan fingerprint density at radius 2 is 1.86 bits per heavy atom. The van der Waals surface area contributed by atoms with Crippen LogP contribution in [0.1, 0.15) is 10.4 Å². The smallest absolute Gasteiger partial charge is 0.340 e. The highest BCUT2D eigenvalue weighted by atomic mass is 79.9. The van der Waals surface area contributed by atoms with Crippen LogP contribution in [-0.4, -0.2) is 62.5 Å². The number of pyridine rings is 1. The maximum Gasteiger partial charge on any atom is 0.340 e. The van der Waals surface area contributed by atoms with Crippen molar-refractivity contribution < 1.29 is 27.5 Å². The third kappa shape index (κ3) is 5.60. The van der Waals surface area contributed by atoms with E-state index >= 15 is 0 Å². The molecule has 0 atom stereocenters. The van der Waals surface area contributed by atoms with Crippen LogP contribution >= 0.6 is 15.9 Å². The molecule has 1 saturated heterocycles. The zero-order valence-corrected chi connectivity index (χ0v) is 17.6. The molecule has 9 nitrogen and oxygen atoms in total. The zero-order valence-electron chi connectivity index (χ0n) is 15.2. The van der Waals surface area contributed by atoms with E-state index in [0.717, 1.165) is 0 Å². The molecule has 154 valence electrons. The lowest BCUT2D eigenvalue weighted by Crippen LogP contribution is -2.40. The third-order valence-electron chi connectivity index (χ3n) is 4.02. The van der Waals surface area contributed by atoms with Crippen molar-refractivity contribution in [2.75, 3.05) is 38.2 Å². The minimum atomic E-state index is -3.60. The predicted molar refractivity (Wildman–Crippen MR) is 107 cm³/mol. The summed E-state index contributed by atoms with van der Waals surface area (Å²) in [7, 11) is -3.60. The van der Waals surface area contributed by atoms with Gasteiger partial charge in [-0.05, 0) is 46.3 Å². The molecule has 0 unspecified atom stereocenters. The fourth-order valence-corrected chi connectivity index (χ4v) is 4.35. The largest absolute Gasteiger partial charge is 0.452 e. The number of aromatic nitrogens is 1. The quantitative estimate of drug-likeness (QED) is 0.621. The number of rotatable bonds is 6. The second kappa shape index (κ2) is 9.44. The number of carbonyl (C=O) groups excluding carboxylic acids is 2. The molecule has 1 aliphatic rings. The highest BCUT2D eigenvalue weighted by Crippen LogP contribution is 2.19. The molecule has 11 heteroatoms. The number of sulfonamides is 1. The van der Waals surface area contributed by atoms with Crippen LogP contribution in [0.15, 0.2) is 52.1 Å². The summed E-state index contributed by atoms with van der Waals surface area (Å²) >= 11 is 3.20. The Morgan fingerprint density at radius 3 is 2.52 bits per heavy atom. The summed E-state index contributed by atoms with van der Waals surface area (Å²) in [5.74, 6) is -1.23. The van der Waals surface area contributed by atoms with E-state index in [1.165, 1.54) is 47.0 Å². The first kappa shape index (κ1) is 21.4. The van der Waals surface area contributed by atoms with Gasteiger partial charge in [-0.3, -0.25) is 9.78 Å². The standard InChI is InChI=1S/C18H18BrN3O6S/c19-14-9-13(10-20-11-14)18(24)28-12-17(23)21-15-1-3-16(4-2-15)29(25,26)22-5-7-27-8-6-22/h1-4,9-11H,5-8,12H2,(H,21,23). The number of benzene rings is 1. The first-order valence-corrected chi connectivity index (χ1v) is 10.8. The molecule has 2 heterocycles. The van der Waals surface area contributed by atoms with Gasteiger partial charge in [0.2, 0.25) is 10.0 Å². The van der Waals surface area contributed by atoms with Gasteiger partial charge in [0.1, 0.15) is 0 Å². The van der Waals surface area contributed by atoms with E-state index in [1.54, 1.807) is 0 Å². The first-order valence-electron chi connectivity index (χ1n) is 8.62. The van der Waals surface area contributed by atoms with Gasteiger partial charge in [-0.15, -0.1) is 0 Å². The lowest BCUT2D eigenvalue weighted by molar-refractivity contribution is -0.119. The Balaban J connectivity index is 1.55. The summed E-state index contributed by atoms with van der Waals surface area (Å²) in [4.78, 5) is 27.9. The highest BCUT2D eigenvalue weighted by molar-refractivity contribution is 9.10. The molecule has 2 aromatic rings. The van der Waals surface area contributed by atoms with Crippen molar-refractivity contribution in [3.8, 4) is 0 Å². The third-order valence-corrected chi connectivity index (χ3v) is 6.37. The molecule has 0 radical (unpaired) electrons. The number of hydrogen-bond acceptors (Lipinski definition) is 7. The summed E-state index contributed by atoms with van der Waals surface area (Å²) in [6.45, 7) is 0.850. The van der Waals surface area contributed by atoms with Crippen molar-refractivity contribution in [3.63, 3.8) is 0 Å². The normalized spacial score (nSPS) is 14.9. The van der Waals surface area contributed by atoms with Crippen molar-refractivity contribution in [3.05, 3.63) is 52.8 Å². The van der Waals surface area contributed by atoms with Crippen molar-refractivity contribution in [1.29, 1.82) is 0 Å². The molecule has 1 aromatic carbocycles. The van der Waals surface area contributed by atoms with Gasteiger partial charge in [0.25, 0.3) is 5.91 Å². The molecular weight excluding hydrogens is 466 g/mol. The Bertz CT molecular complexity index is 991. The summed E-state index contributed by atoms with van der Waals surface area (Å²) in [6.07, 6.45) is 2.85. The van der Waals surface area contributed by atoms with E-state index in [-0.39, 0.29) is 10.5 Å². The maximum absolute atomic E-state index is 12.6. The summed E-state index contributed by atoms with van der Waals surface area (Å²) < 4.78 is 37.2. The number of nitrogens with one attached hydrogen (secondary N) is 1. The van der Waals surface area contributed by atoms with Crippen molar-refractivity contribution in [1.82, 2.24) is 9.29 Å². The molecule has 1 amide bonds. The summed E-state index contributed by atoms with van der Waals surface area (Å²) in [5.41, 5.74) is 0.598. The topological polar surface area (TPSA) is 115 Å². The molecule has 1 fully saturated rings. The average Bonchev–Trinajstić information content (AvgIpc) is 2.73. The van der Waals surface area contributed by atoms with Crippen LogP contribution in [0.25, 0.3) is 0 Å². The van der Waals surface area contributed by atoms with Crippen LogP contribution < -0.4 is 5.32 Å². The van der Waals surface area contributed by atoms with Crippen LogP contribution in [0.2, 0.25) is 0 Å². The van der Waals surface area contributed by atoms with E-state index in [0.29, 0.717) is 36.5 Å². The predicted octanol–water partition coefficient (Wildman–Crippen LogP) is 1.66. The molecule has 3 rings (SSSR count). The SMILES string of the molecule is O=C(COC(=O)c1cncc(Br)c1)Nc1ccc(S(=O)(=O)N2CCOCC2)cc1. The number of nitrogens with zero attached hydrogens (tertiary/aromatic N) is 2. The molecule has 29 heavy (non-hydrogen) atoms. The molecule has 1 N–H and O–H groups in total. The Morgan fingerprint density at radius 1 is 1.17 bits per heavy atom. The second-order valence-electron chi connectivity index (χ2n) is 6.06. The first-order chi connectivity index (χ1) is 13.9. The minimum Gasteiger partial charge on any atom is -0.452 e. The zero-order chi connectivity index (χ0) is 20.9. The van der Waals surface area contributed by atoms with Gasteiger partial charge < -0.3 is 14.8 Å². The number of amides is 1. The van der Waals surface area contributed by atoms with Crippen molar-refractivity contribution in [2.24, 2.45) is 0 Å².